The van der Waals surface area contributed by atoms with E-state index in [1.54, 1.807) is 17.4 Å². The highest BCUT2D eigenvalue weighted by atomic mass is 32.1. The number of hydrogen-bond acceptors (Lipinski definition) is 2. The van der Waals surface area contributed by atoms with Crippen LogP contribution in [0.1, 0.15) is 15.9 Å². The number of carbonyl (C=O) groups is 1. The number of rotatable bonds is 2. The van der Waals surface area contributed by atoms with Crippen LogP contribution in [0.3, 0.4) is 0 Å². The lowest BCUT2D eigenvalue weighted by atomic mass is 10.0. The van der Waals surface area contributed by atoms with Crippen molar-refractivity contribution in [1.82, 2.24) is 0 Å². The molecule has 15 heavy (non-hydrogen) atoms. The Bertz CT molecular complexity index is 489. The maximum absolute atomic E-state index is 13.4. The van der Waals surface area contributed by atoms with Gasteiger partial charge in [-0.3, -0.25) is 4.79 Å². The molecule has 2 aromatic rings. The van der Waals surface area contributed by atoms with Crippen molar-refractivity contribution in [3.8, 4) is 11.1 Å². The van der Waals surface area contributed by atoms with Crippen molar-refractivity contribution in [3.05, 3.63) is 45.9 Å². The van der Waals surface area contributed by atoms with Crippen LogP contribution in [0.15, 0.2) is 29.0 Å². The third kappa shape index (κ3) is 1.83. The summed E-state index contributed by atoms with van der Waals surface area (Å²) in [6, 6.07) is 4.93. The highest BCUT2D eigenvalue weighted by Gasteiger charge is 2.08. The van der Waals surface area contributed by atoms with E-state index in [4.69, 9.17) is 0 Å². The maximum Gasteiger partial charge on any atom is 0.153 e. The fourth-order valence-corrected chi connectivity index (χ4v) is 2.18. The predicted molar refractivity (Wildman–Crippen MR) is 59.8 cm³/mol. The van der Waals surface area contributed by atoms with Crippen molar-refractivity contribution < 1.29 is 9.18 Å². The molecule has 1 nitrogen and oxygen atoms in total. The summed E-state index contributed by atoms with van der Waals surface area (Å²) in [5.41, 5.74) is 2.87. The SMILES string of the molecule is Cc1cc(C=O)c(F)cc1-c1ccsc1. The van der Waals surface area contributed by atoms with Gasteiger partial charge < -0.3 is 0 Å². The molecular formula is C12H9FOS. The van der Waals surface area contributed by atoms with E-state index in [-0.39, 0.29) is 5.56 Å². The van der Waals surface area contributed by atoms with Gasteiger partial charge in [0.05, 0.1) is 5.56 Å². The Morgan fingerprint density at radius 2 is 2.20 bits per heavy atom. The number of aldehydes is 1. The molecule has 1 aromatic heterocycles. The monoisotopic (exact) mass is 220 g/mol. The van der Waals surface area contributed by atoms with E-state index in [1.165, 1.54) is 6.07 Å². The largest absolute Gasteiger partial charge is 0.298 e. The molecule has 76 valence electrons. The summed E-state index contributed by atoms with van der Waals surface area (Å²) in [6.45, 7) is 1.87. The van der Waals surface area contributed by atoms with E-state index in [1.807, 2.05) is 23.8 Å². The number of carbonyl (C=O) groups excluding carboxylic acids is 1. The first-order valence-electron chi connectivity index (χ1n) is 4.50. The van der Waals surface area contributed by atoms with Gasteiger partial charge >= 0.3 is 0 Å². The lowest BCUT2D eigenvalue weighted by Crippen LogP contribution is -1.91. The van der Waals surface area contributed by atoms with Gasteiger partial charge in [0.2, 0.25) is 0 Å². The molecule has 0 N–H and O–H groups in total. The van der Waals surface area contributed by atoms with E-state index in [2.05, 4.69) is 0 Å². The van der Waals surface area contributed by atoms with Gasteiger partial charge in [0.15, 0.2) is 6.29 Å². The molecule has 0 saturated heterocycles. The van der Waals surface area contributed by atoms with E-state index in [0.717, 1.165) is 16.7 Å². The molecule has 0 saturated carbocycles. The topological polar surface area (TPSA) is 17.1 Å². The third-order valence-electron chi connectivity index (χ3n) is 2.30. The predicted octanol–water partition coefficient (Wildman–Crippen LogP) is 3.68. The third-order valence-corrected chi connectivity index (χ3v) is 2.99. The van der Waals surface area contributed by atoms with Crippen LogP contribution in [0, 0.1) is 12.7 Å². The molecule has 1 heterocycles. The first-order valence-corrected chi connectivity index (χ1v) is 5.44. The molecule has 0 unspecified atom stereocenters. The summed E-state index contributed by atoms with van der Waals surface area (Å²) < 4.78 is 13.4. The fraction of sp³-hybridized carbons (Fsp3) is 0.0833. The van der Waals surface area contributed by atoms with E-state index < -0.39 is 5.82 Å². The summed E-state index contributed by atoms with van der Waals surface area (Å²) in [5, 5.41) is 3.91. The second-order valence-electron chi connectivity index (χ2n) is 3.32. The number of thiophene rings is 1. The number of benzene rings is 1. The van der Waals surface area contributed by atoms with Crippen LogP contribution in [0.5, 0.6) is 0 Å². The van der Waals surface area contributed by atoms with Crippen molar-refractivity contribution in [1.29, 1.82) is 0 Å². The Kier molecular flexibility index (Phi) is 2.64. The van der Waals surface area contributed by atoms with Crippen LogP contribution in [0.25, 0.3) is 11.1 Å². The fourth-order valence-electron chi connectivity index (χ4n) is 1.52. The average Bonchev–Trinajstić information content (AvgIpc) is 2.74. The van der Waals surface area contributed by atoms with E-state index >= 15 is 0 Å². The van der Waals surface area contributed by atoms with Crippen LogP contribution >= 0.6 is 11.3 Å². The molecule has 0 aliphatic heterocycles. The minimum absolute atomic E-state index is 0.117. The minimum atomic E-state index is -0.461. The first kappa shape index (κ1) is 10.1. The molecule has 2 rings (SSSR count). The Labute approximate surface area is 91.2 Å². The molecule has 0 radical (unpaired) electrons. The summed E-state index contributed by atoms with van der Waals surface area (Å²) in [4.78, 5) is 10.5. The number of halogens is 1. The van der Waals surface area contributed by atoms with E-state index in [0.29, 0.717) is 6.29 Å². The van der Waals surface area contributed by atoms with Gasteiger partial charge in [-0.05, 0) is 52.6 Å². The standard InChI is InChI=1S/C12H9FOS/c1-8-4-10(6-14)12(13)5-11(8)9-2-3-15-7-9/h2-7H,1H3. The number of aryl methyl sites for hydroxylation is 1. The minimum Gasteiger partial charge on any atom is -0.298 e. The van der Waals surface area contributed by atoms with Crippen molar-refractivity contribution in [2.75, 3.05) is 0 Å². The lowest BCUT2D eigenvalue weighted by Gasteiger charge is -2.05. The van der Waals surface area contributed by atoms with Crippen molar-refractivity contribution in [2.24, 2.45) is 0 Å². The molecular weight excluding hydrogens is 211 g/mol. The zero-order valence-electron chi connectivity index (χ0n) is 8.16. The number of hydrogen-bond donors (Lipinski definition) is 0. The summed E-state index contributed by atoms with van der Waals surface area (Å²) >= 11 is 1.57. The molecule has 0 bridgehead atoms. The Balaban J connectivity index is 2.59. The zero-order valence-corrected chi connectivity index (χ0v) is 8.98. The Morgan fingerprint density at radius 3 is 2.80 bits per heavy atom. The van der Waals surface area contributed by atoms with Crippen molar-refractivity contribution >= 4 is 17.6 Å². The molecule has 0 amide bonds. The van der Waals surface area contributed by atoms with Crippen molar-refractivity contribution in [3.63, 3.8) is 0 Å². The summed E-state index contributed by atoms with van der Waals surface area (Å²) in [5.74, 6) is -0.461. The highest BCUT2D eigenvalue weighted by molar-refractivity contribution is 7.08. The molecule has 0 atom stereocenters. The molecule has 1 aromatic carbocycles. The summed E-state index contributed by atoms with van der Waals surface area (Å²) in [7, 11) is 0. The van der Waals surface area contributed by atoms with Gasteiger partial charge in [-0.25, -0.2) is 4.39 Å². The molecule has 0 aliphatic carbocycles. The second kappa shape index (κ2) is 3.95. The van der Waals surface area contributed by atoms with Gasteiger partial charge in [-0.15, -0.1) is 0 Å². The Hall–Kier alpha value is -1.48. The maximum atomic E-state index is 13.4. The van der Waals surface area contributed by atoms with Gasteiger partial charge in [0.1, 0.15) is 5.82 Å². The average molecular weight is 220 g/mol. The molecule has 0 aliphatic rings. The zero-order chi connectivity index (χ0) is 10.8. The normalized spacial score (nSPS) is 10.3. The van der Waals surface area contributed by atoms with Crippen LogP contribution in [0.2, 0.25) is 0 Å². The van der Waals surface area contributed by atoms with Crippen LogP contribution in [0.4, 0.5) is 4.39 Å². The highest BCUT2D eigenvalue weighted by Crippen LogP contribution is 2.27. The molecule has 3 heteroatoms. The van der Waals surface area contributed by atoms with Crippen LogP contribution in [-0.4, -0.2) is 6.29 Å². The van der Waals surface area contributed by atoms with Gasteiger partial charge in [-0.2, -0.15) is 11.3 Å². The van der Waals surface area contributed by atoms with Crippen molar-refractivity contribution in [2.45, 2.75) is 6.92 Å². The van der Waals surface area contributed by atoms with Crippen LogP contribution in [-0.2, 0) is 0 Å². The summed E-state index contributed by atoms with van der Waals surface area (Å²) in [6.07, 6.45) is 0.541. The first-order chi connectivity index (χ1) is 7.22. The van der Waals surface area contributed by atoms with Gasteiger partial charge in [0, 0.05) is 0 Å². The smallest absolute Gasteiger partial charge is 0.153 e. The van der Waals surface area contributed by atoms with Gasteiger partial charge in [0.25, 0.3) is 0 Å². The lowest BCUT2D eigenvalue weighted by molar-refractivity contribution is 0.112. The van der Waals surface area contributed by atoms with Crippen LogP contribution < -0.4 is 0 Å². The Morgan fingerprint density at radius 1 is 1.40 bits per heavy atom. The molecule has 0 spiro atoms. The van der Waals surface area contributed by atoms with Gasteiger partial charge in [-0.1, -0.05) is 0 Å². The molecule has 0 fully saturated rings. The van der Waals surface area contributed by atoms with E-state index in [9.17, 15) is 9.18 Å². The quantitative estimate of drug-likeness (QED) is 0.706. The second-order valence-corrected chi connectivity index (χ2v) is 4.10.